The van der Waals surface area contributed by atoms with Gasteiger partial charge in [-0.1, -0.05) is 79.7 Å². The van der Waals surface area contributed by atoms with Gasteiger partial charge in [-0.25, -0.2) is 9.48 Å². The van der Waals surface area contributed by atoms with Crippen molar-refractivity contribution in [2.45, 2.75) is 38.6 Å². The molecule has 35 heavy (non-hydrogen) atoms. The highest BCUT2D eigenvalue weighted by Crippen LogP contribution is 2.25. The standard InChI is InChI=1S/C27H28N6O2/c1-2-21-15-25(34)31-26(29-21)33-24(16-23(32-33)19-10-4-3-5-11-19)30-27(35)28-17-20-13-8-12-18-9-6-7-14-22(18)20/h3-14,16,21,26,29H,2,15,17H2,1H3,(H,31,34)(H2,28,30,35). The number of urea groups is 1. The van der Waals surface area contributed by atoms with Gasteiger partial charge in [-0.05, 0) is 22.8 Å². The van der Waals surface area contributed by atoms with E-state index in [1.807, 2.05) is 73.7 Å². The van der Waals surface area contributed by atoms with Crippen molar-refractivity contribution in [2.24, 2.45) is 0 Å². The van der Waals surface area contributed by atoms with Crippen molar-refractivity contribution in [3.8, 4) is 11.3 Å². The first-order valence-electron chi connectivity index (χ1n) is 11.8. The number of aromatic nitrogens is 2. The van der Waals surface area contributed by atoms with Crippen molar-refractivity contribution < 1.29 is 9.59 Å². The van der Waals surface area contributed by atoms with E-state index in [0.29, 0.717) is 24.5 Å². The Kier molecular flexibility index (Phi) is 6.45. The zero-order valence-corrected chi connectivity index (χ0v) is 19.5. The van der Waals surface area contributed by atoms with E-state index in [2.05, 4.69) is 33.4 Å². The van der Waals surface area contributed by atoms with E-state index in [9.17, 15) is 9.59 Å². The molecule has 2 unspecified atom stereocenters. The quantitative estimate of drug-likeness (QED) is 0.338. The molecule has 1 aliphatic heterocycles. The van der Waals surface area contributed by atoms with Crippen LogP contribution in [0.15, 0.2) is 78.9 Å². The van der Waals surface area contributed by atoms with Crippen LogP contribution in [0.2, 0.25) is 0 Å². The molecule has 0 saturated carbocycles. The highest BCUT2D eigenvalue weighted by Gasteiger charge is 2.28. The molecule has 8 heteroatoms. The molecular weight excluding hydrogens is 440 g/mol. The summed E-state index contributed by atoms with van der Waals surface area (Å²) >= 11 is 0. The molecule has 1 saturated heterocycles. The largest absolute Gasteiger partial charge is 0.334 e. The number of benzene rings is 3. The van der Waals surface area contributed by atoms with Crippen LogP contribution in [0.1, 0.15) is 31.6 Å². The normalized spacial score (nSPS) is 17.7. The first kappa shape index (κ1) is 22.6. The molecule has 1 aromatic heterocycles. The maximum atomic E-state index is 12.9. The molecule has 5 rings (SSSR count). The number of nitrogens with zero attached hydrogens (tertiary/aromatic N) is 2. The average molecular weight is 469 g/mol. The number of hydrogen-bond acceptors (Lipinski definition) is 4. The van der Waals surface area contributed by atoms with Crippen LogP contribution in [-0.2, 0) is 11.3 Å². The van der Waals surface area contributed by atoms with Crippen LogP contribution < -0.4 is 21.3 Å². The lowest BCUT2D eigenvalue weighted by Gasteiger charge is -2.31. The predicted octanol–water partition coefficient (Wildman–Crippen LogP) is 4.37. The number of amides is 3. The van der Waals surface area contributed by atoms with Crippen molar-refractivity contribution in [3.63, 3.8) is 0 Å². The molecule has 2 atom stereocenters. The SMILES string of the molecule is CCC1CC(=O)NC(n2nc(-c3ccccc3)cc2NC(=O)NCc2cccc3ccccc23)N1. The Bertz CT molecular complexity index is 1350. The van der Waals surface area contributed by atoms with Crippen molar-refractivity contribution in [1.29, 1.82) is 0 Å². The van der Waals surface area contributed by atoms with Crippen LogP contribution in [0, 0.1) is 0 Å². The Labute approximate surface area is 203 Å². The van der Waals surface area contributed by atoms with E-state index in [1.54, 1.807) is 4.68 Å². The number of hydrogen-bond donors (Lipinski definition) is 4. The molecule has 8 nitrogen and oxygen atoms in total. The summed E-state index contributed by atoms with van der Waals surface area (Å²) in [6.07, 6.45) is 0.658. The van der Waals surface area contributed by atoms with Gasteiger partial charge in [0, 0.05) is 30.6 Å². The molecule has 1 aliphatic rings. The van der Waals surface area contributed by atoms with Crippen molar-refractivity contribution in [2.75, 3.05) is 5.32 Å². The summed E-state index contributed by atoms with van der Waals surface area (Å²) in [5, 5.41) is 19.2. The summed E-state index contributed by atoms with van der Waals surface area (Å²) in [7, 11) is 0. The van der Waals surface area contributed by atoms with Gasteiger partial charge < -0.3 is 10.6 Å². The van der Waals surface area contributed by atoms with E-state index < -0.39 is 6.29 Å². The molecule has 0 aliphatic carbocycles. The fourth-order valence-corrected chi connectivity index (χ4v) is 4.37. The molecule has 178 valence electrons. The lowest BCUT2D eigenvalue weighted by molar-refractivity contribution is -0.125. The Hall–Kier alpha value is -4.17. The number of anilines is 1. The highest BCUT2D eigenvalue weighted by molar-refractivity contribution is 5.90. The second-order valence-corrected chi connectivity index (χ2v) is 8.62. The van der Waals surface area contributed by atoms with Gasteiger partial charge in [-0.15, -0.1) is 0 Å². The summed E-state index contributed by atoms with van der Waals surface area (Å²) in [4.78, 5) is 25.2. The van der Waals surface area contributed by atoms with Gasteiger partial charge in [0.15, 0.2) is 6.29 Å². The van der Waals surface area contributed by atoms with E-state index >= 15 is 0 Å². The second-order valence-electron chi connectivity index (χ2n) is 8.62. The van der Waals surface area contributed by atoms with Gasteiger partial charge in [0.25, 0.3) is 0 Å². The molecule has 2 heterocycles. The minimum absolute atomic E-state index is 0.0335. The number of rotatable bonds is 6. The minimum Gasteiger partial charge on any atom is -0.334 e. The van der Waals surface area contributed by atoms with E-state index in [-0.39, 0.29) is 18.0 Å². The van der Waals surface area contributed by atoms with E-state index in [0.717, 1.165) is 28.3 Å². The van der Waals surface area contributed by atoms with Gasteiger partial charge in [-0.2, -0.15) is 5.10 Å². The average Bonchev–Trinajstić information content (AvgIpc) is 3.31. The molecule has 4 N–H and O–H groups in total. The second kappa shape index (κ2) is 9.99. The summed E-state index contributed by atoms with van der Waals surface area (Å²) in [5.41, 5.74) is 2.65. The maximum absolute atomic E-state index is 12.9. The van der Waals surface area contributed by atoms with Gasteiger partial charge in [0.05, 0.1) is 5.69 Å². The lowest BCUT2D eigenvalue weighted by atomic mass is 10.0. The summed E-state index contributed by atoms with van der Waals surface area (Å²) in [6, 6.07) is 25.4. The van der Waals surface area contributed by atoms with Crippen LogP contribution in [0.3, 0.4) is 0 Å². The smallest absolute Gasteiger partial charge is 0.320 e. The van der Waals surface area contributed by atoms with E-state index in [4.69, 9.17) is 5.10 Å². The first-order valence-corrected chi connectivity index (χ1v) is 11.8. The summed E-state index contributed by atoms with van der Waals surface area (Å²) < 4.78 is 1.62. The molecule has 0 bridgehead atoms. The zero-order chi connectivity index (χ0) is 24.2. The monoisotopic (exact) mass is 468 g/mol. The number of carbonyl (C=O) groups is 2. The van der Waals surface area contributed by atoms with Gasteiger partial charge in [0.1, 0.15) is 5.82 Å². The number of carbonyl (C=O) groups excluding carboxylic acids is 2. The third kappa shape index (κ3) is 5.02. The molecule has 4 aromatic rings. The number of fused-ring (bicyclic) bond motifs is 1. The van der Waals surface area contributed by atoms with Gasteiger partial charge in [0.2, 0.25) is 5.91 Å². The maximum Gasteiger partial charge on any atom is 0.320 e. The number of nitrogens with one attached hydrogen (secondary N) is 4. The van der Waals surface area contributed by atoms with Crippen LogP contribution in [0.4, 0.5) is 10.6 Å². The summed E-state index contributed by atoms with van der Waals surface area (Å²) in [5.74, 6) is 0.428. The zero-order valence-electron chi connectivity index (χ0n) is 19.5. The fraction of sp³-hybridized carbons (Fsp3) is 0.222. The molecule has 1 fully saturated rings. The van der Waals surface area contributed by atoms with Gasteiger partial charge >= 0.3 is 6.03 Å². The van der Waals surface area contributed by atoms with Gasteiger partial charge in [-0.3, -0.25) is 15.4 Å². The fourth-order valence-electron chi connectivity index (χ4n) is 4.37. The lowest BCUT2D eigenvalue weighted by Crippen LogP contribution is -2.53. The van der Waals surface area contributed by atoms with Crippen LogP contribution in [0.5, 0.6) is 0 Å². The Morgan fingerprint density at radius 2 is 1.83 bits per heavy atom. The third-order valence-corrected chi connectivity index (χ3v) is 6.23. The molecular formula is C27H28N6O2. The molecule has 3 amide bonds. The highest BCUT2D eigenvalue weighted by atomic mass is 16.2. The molecule has 0 radical (unpaired) electrons. The van der Waals surface area contributed by atoms with E-state index in [1.165, 1.54) is 0 Å². The Balaban J connectivity index is 1.38. The first-order chi connectivity index (χ1) is 17.1. The van der Waals surface area contributed by atoms with Crippen LogP contribution in [0.25, 0.3) is 22.0 Å². The minimum atomic E-state index is -0.563. The van der Waals surface area contributed by atoms with Crippen molar-refractivity contribution in [1.82, 2.24) is 25.7 Å². The van der Waals surface area contributed by atoms with Crippen LogP contribution in [-0.4, -0.2) is 27.8 Å². The van der Waals surface area contributed by atoms with Crippen molar-refractivity contribution in [3.05, 3.63) is 84.4 Å². The molecule has 3 aromatic carbocycles. The topological polar surface area (TPSA) is 100 Å². The summed E-state index contributed by atoms with van der Waals surface area (Å²) in [6.45, 7) is 2.41. The Morgan fingerprint density at radius 3 is 2.66 bits per heavy atom. The predicted molar refractivity (Wildman–Crippen MR) is 136 cm³/mol. The molecule has 0 spiro atoms. The van der Waals surface area contributed by atoms with Crippen molar-refractivity contribution >= 4 is 28.5 Å². The third-order valence-electron chi connectivity index (χ3n) is 6.23. The van der Waals surface area contributed by atoms with Crippen LogP contribution >= 0.6 is 0 Å². The Morgan fingerprint density at radius 1 is 1.06 bits per heavy atom.